The van der Waals surface area contributed by atoms with Gasteiger partial charge in [-0.3, -0.25) is 9.48 Å². The van der Waals surface area contributed by atoms with Gasteiger partial charge in [0.2, 0.25) is 5.91 Å². The van der Waals surface area contributed by atoms with Gasteiger partial charge in [0.25, 0.3) is 0 Å². The van der Waals surface area contributed by atoms with Crippen molar-refractivity contribution in [3.8, 4) is 0 Å². The minimum atomic E-state index is -1.28. The van der Waals surface area contributed by atoms with E-state index in [4.69, 9.17) is 16.7 Å². The van der Waals surface area contributed by atoms with Crippen LogP contribution in [0, 0.1) is 6.92 Å². The van der Waals surface area contributed by atoms with Crippen LogP contribution in [-0.2, 0) is 16.6 Å². The summed E-state index contributed by atoms with van der Waals surface area (Å²) in [5.41, 5.74) is 0.0470. The van der Waals surface area contributed by atoms with Crippen molar-refractivity contribution >= 4 is 29.6 Å². The van der Waals surface area contributed by atoms with E-state index in [0.29, 0.717) is 16.4 Å². The van der Waals surface area contributed by atoms with Gasteiger partial charge in [-0.05, 0) is 26.3 Å². The Morgan fingerprint density at radius 3 is 2.55 bits per heavy atom. The average Bonchev–Trinajstić information content (AvgIpc) is 2.61. The monoisotopic (exact) mass is 299 g/mol. The third kappa shape index (κ3) is 3.39. The molecule has 0 bridgehead atoms. The Kier molecular flexibility index (Phi) is 4.94. The van der Waals surface area contributed by atoms with Crippen molar-refractivity contribution in [1.82, 2.24) is 15.1 Å². The lowest BCUT2D eigenvalue weighted by Gasteiger charge is -2.23. The number of rotatable bonds is 5. The minimum absolute atomic E-state index is 0.286. The fourth-order valence-corrected chi connectivity index (χ4v) is 1.84. The molecule has 110 valence electrons. The minimum Gasteiger partial charge on any atom is -0.480 e. The van der Waals surface area contributed by atoms with Gasteiger partial charge >= 0.3 is 5.97 Å². The maximum atomic E-state index is 11.8. The first-order valence-electron chi connectivity index (χ1n) is 6.14. The smallest absolute Gasteiger partial charge is 0.329 e. The normalized spacial score (nSPS) is 14.2. The molecule has 0 fully saturated rings. The van der Waals surface area contributed by atoms with Gasteiger partial charge in [-0.1, -0.05) is 18.5 Å². The SMILES string of the molecule is CCC(C)(NC(=O)C=Cc1c(C)nn(C)c1Cl)C(=O)O. The summed E-state index contributed by atoms with van der Waals surface area (Å²) in [6.07, 6.45) is 3.07. The van der Waals surface area contributed by atoms with Crippen molar-refractivity contribution in [2.24, 2.45) is 7.05 Å². The topological polar surface area (TPSA) is 84.2 Å². The summed E-state index contributed by atoms with van der Waals surface area (Å²) in [6, 6.07) is 0. The van der Waals surface area contributed by atoms with Crippen molar-refractivity contribution in [3.05, 3.63) is 22.5 Å². The van der Waals surface area contributed by atoms with E-state index in [1.165, 1.54) is 23.8 Å². The van der Waals surface area contributed by atoms with Crippen LogP contribution in [-0.4, -0.2) is 32.3 Å². The molecule has 20 heavy (non-hydrogen) atoms. The molecule has 0 radical (unpaired) electrons. The summed E-state index contributed by atoms with van der Waals surface area (Å²) in [5.74, 6) is -1.56. The lowest BCUT2D eigenvalue weighted by atomic mass is 9.99. The Bertz CT molecular complexity index is 565. The first-order chi connectivity index (χ1) is 9.21. The summed E-state index contributed by atoms with van der Waals surface area (Å²) in [7, 11) is 1.70. The Hall–Kier alpha value is -1.82. The number of nitrogens with zero attached hydrogens (tertiary/aromatic N) is 2. The second kappa shape index (κ2) is 6.09. The van der Waals surface area contributed by atoms with E-state index in [2.05, 4.69) is 10.4 Å². The lowest BCUT2D eigenvalue weighted by molar-refractivity contribution is -0.146. The Balaban J connectivity index is 2.86. The van der Waals surface area contributed by atoms with Gasteiger partial charge in [0.1, 0.15) is 10.7 Å². The summed E-state index contributed by atoms with van der Waals surface area (Å²) in [6.45, 7) is 4.93. The number of amides is 1. The van der Waals surface area contributed by atoms with Gasteiger partial charge in [-0.2, -0.15) is 5.10 Å². The Labute approximate surface area is 122 Å². The van der Waals surface area contributed by atoms with Crippen LogP contribution in [0.4, 0.5) is 0 Å². The van der Waals surface area contributed by atoms with Crippen LogP contribution >= 0.6 is 11.6 Å². The van der Waals surface area contributed by atoms with E-state index < -0.39 is 17.4 Å². The molecule has 0 saturated carbocycles. The molecule has 1 unspecified atom stereocenters. The van der Waals surface area contributed by atoms with E-state index in [1.807, 2.05) is 0 Å². The van der Waals surface area contributed by atoms with Crippen molar-refractivity contribution in [2.75, 3.05) is 0 Å². The number of hydrogen-bond acceptors (Lipinski definition) is 3. The zero-order chi connectivity index (χ0) is 15.5. The molecule has 0 aliphatic rings. The molecule has 6 nitrogen and oxygen atoms in total. The summed E-state index contributed by atoms with van der Waals surface area (Å²) < 4.78 is 1.50. The van der Waals surface area contributed by atoms with Gasteiger partial charge < -0.3 is 10.4 Å². The molecule has 1 amide bonds. The molecule has 1 aromatic heterocycles. The van der Waals surface area contributed by atoms with E-state index in [9.17, 15) is 9.59 Å². The van der Waals surface area contributed by atoms with Crippen LogP contribution in [0.2, 0.25) is 5.15 Å². The number of carboxylic acids is 1. The second-order valence-corrected chi connectivity index (χ2v) is 5.08. The van der Waals surface area contributed by atoms with Gasteiger partial charge in [0.05, 0.1) is 5.69 Å². The van der Waals surface area contributed by atoms with Gasteiger partial charge in [-0.25, -0.2) is 4.79 Å². The summed E-state index contributed by atoms with van der Waals surface area (Å²) >= 11 is 6.03. The van der Waals surface area contributed by atoms with Crippen LogP contribution in [0.15, 0.2) is 6.08 Å². The van der Waals surface area contributed by atoms with Crippen LogP contribution in [0.25, 0.3) is 6.08 Å². The molecule has 0 aliphatic heterocycles. The quantitative estimate of drug-likeness (QED) is 0.812. The molecule has 2 N–H and O–H groups in total. The third-order valence-electron chi connectivity index (χ3n) is 3.18. The molecule has 0 aromatic carbocycles. The molecule has 1 atom stereocenters. The first kappa shape index (κ1) is 16.2. The van der Waals surface area contributed by atoms with Crippen molar-refractivity contribution in [3.63, 3.8) is 0 Å². The largest absolute Gasteiger partial charge is 0.480 e. The van der Waals surface area contributed by atoms with Gasteiger partial charge in [0.15, 0.2) is 0 Å². The number of nitrogens with one attached hydrogen (secondary N) is 1. The zero-order valence-corrected chi connectivity index (χ0v) is 12.7. The highest BCUT2D eigenvalue weighted by atomic mass is 35.5. The van der Waals surface area contributed by atoms with Crippen LogP contribution in [0.3, 0.4) is 0 Å². The fourth-order valence-electron chi connectivity index (χ4n) is 1.60. The zero-order valence-electron chi connectivity index (χ0n) is 11.9. The van der Waals surface area contributed by atoms with E-state index in [0.717, 1.165) is 0 Å². The summed E-state index contributed by atoms with van der Waals surface area (Å²) in [4.78, 5) is 22.9. The third-order valence-corrected chi connectivity index (χ3v) is 3.62. The maximum absolute atomic E-state index is 11.8. The maximum Gasteiger partial charge on any atom is 0.329 e. The van der Waals surface area contributed by atoms with Gasteiger partial charge in [-0.15, -0.1) is 0 Å². The van der Waals surface area contributed by atoms with Gasteiger partial charge in [0, 0.05) is 18.7 Å². The molecule has 1 aromatic rings. The number of hydrogen-bond donors (Lipinski definition) is 2. The first-order valence-corrected chi connectivity index (χ1v) is 6.51. The number of carboxylic acid groups (broad SMARTS) is 1. The number of halogens is 1. The molecule has 0 spiro atoms. The van der Waals surface area contributed by atoms with E-state index >= 15 is 0 Å². The van der Waals surface area contributed by atoms with Crippen molar-refractivity contribution in [1.29, 1.82) is 0 Å². The fraction of sp³-hybridized carbons (Fsp3) is 0.462. The molecule has 1 heterocycles. The lowest BCUT2D eigenvalue weighted by Crippen LogP contribution is -2.51. The molecular weight excluding hydrogens is 282 g/mol. The number of carbonyl (C=O) groups is 2. The molecule has 1 rings (SSSR count). The average molecular weight is 300 g/mol. The highest BCUT2D eigenvalue weighted by molar-refractivity contribution is 6.31. The summed E-state index contributed by atoms with van der Waals surface area (Å²) in [5, 5.41) is 16.1. The number of carbonyl (C=O) groups excluding carboxylic acids is 1. The van der Waals surface area contributed by atoms with Crippen LogP contribution in [0.1, 0.15) is 31.5 Å². The van der Waals surface area contributed by atoms with Crippen LogP contribution in [0.5, 0.6) is 0 Å². The number of aliphatic carboxylic acids is 1. The standard InChI is InChI=1S/C13H18ClN3O3/c1-5-13(3,12(19)20)15-10(18)7-6-9-8(2)16-17(4)11(9)14/h6-7H,5H2,1-4H3,(H,15,18)(H,19,20). The number of aromatic nitrogens is 2. The Morgan fingerprint density at radius 2 is 2.15 bits per heavy atom. The van der Waals surface area contributed by atoms with Crippen LogP contribution < -0.4 is 5.32 Å². The highest BCUT2D eigenvalue weighted by Gasteiger charge is 2.32. The molecule has 7 heteroatoms. The van der Waals surface area contributed by atoms with E-state index in [1.54, 1.807) is 20.9 Å². The van der Waals surface area contributed by atoms with Crippen molar-refractivity contribution in [2.45, 2.75) is 32.7 Å². The molecule has 0 aliphatic carbocycles. The predicted molar refractivity (Wildman–Crippen MR) is 76.5 cm³/mol. The predicted octanol–water partition coefficient (Wildman–Crippen LogP) is 1.76. The second-order valence-electron chi connectivity index (χ2n) is 4.73. The van der Waals surface area contributed by atoms with E-state index in [-0.39, 0.29) is 6.42 Å². The molecular formula is C13H18ClN3O3. The molecule has 0 saturated heterocycles. The Morgan fingerprint density at radius 1 is 1.55 bits per heavy atom. The van der Waals surface area contributed by atoms with Crippen molar-refractivity contribution < 1.29 is 14.7 Å². The highest BCUT2D eigenvalue weighted by Crippen LogP contribution is 2.20. The number of aryl methyl sites for hydroxylation is 2.